The van der Waals surface area contributed by atoms with E-state index in [1.54, 1.807) is 38.4 Å². The molecule has 2 aromatic carbocycles. The predicted octanol–water partition coefficient (Wildman–Crippen LogP) is 1.92. The lowest BCUT2D eigenvalue weighted by atomic mass is 9.87. The maximum Gasteiger partial charge on any atom is 0.279 e. The third kappa shape index (κ3) is 4.55. The van der Waals surface area contributed by atoms with Crippen molar-refractivity contribution in [3.05, 3.63) is 65.2 Å². The van der Waals surface area contributed by atoms with Crippen LogP contribution in [0.3, 0.4) is 0 Å². The Labute approximate surface area is 161 Å². The number of fused-ring (bicyclic) bond motifs is 1. The fourth-order valence-electron chi connectivity index (χ4n) is 3.80. The van der Waals surface area contributed by atoms with E-state index in [1.807, 2.05) is 0 Å². The van der Waals surface area contributed by atoms with Gasteiger partial charge >= 0.3 is 0 Å². The highest BCUT2D eigenvalue weighted by Gasteiger charge is 2.27. The van der Waals surface area contributed by atoms with E-state index in [-0.39, 0.29) is 11.8 Å². The van der Waals surface area contributed by atoms with Gasteiger partial charge in [0.05, 0.1) is 7.05 Å². The zero-order valence-corrected chi connectivity index (χ0v) is 16.3. The largest absolute Gasteiger partial charge is 0.345 e. The lowest BCUT2D eigenvalue weighted by Gasteiger charge is -2.30. The first kappa shape index (κ1) is 19.1. The van der Waals surface area contributed by atoms with Crippen molar-refractivity contribution in [3.63, 3.8) is 0 Å². The first-order chi connectivity index (χ1) is 13.0. The van der Waals surface area contributed by atoms with Gasteiger partial charge in [-0.2, -0.15) is 0 Å². The van der Waals surface area contributed by atoms with Gasteiger partial charge in [0.1, 0.15) is 6.04 Å². The second kappa shape index (κ2) is 8.35. The molecule has 2 amide bonds. The van der Waals surface area contributed by atoms with E-state index < -0.39 is 0 Å². The van der Waals surface area contributed by atoms with Crippen molar-refractivity contribution < 1.29 is 14.5 Å². The minimum atomic E-state index is -0.0481. The summed E-state index contributed by atoms with van der Waals surface area (Å²) in [6, 6.07) is 16.0. The number of likely N-dealkylation sites (N-methyl/N-ethyl adjacent to an activating group) is 1. The molecule has 0 aromatic heterocycles. The van der Waals surface area contributed by atoms with Crippen molar-refractivity contribution in [1.29, 1.82) is 0 Å². The Kier molecular flexibility index (Phi) is 5.91. The third-order valence-electron chi connectivity index (χ3n) is 5.23. The molecule has 0 fully saturated rings. The Balaban J connectivity index is 1.60. The van der Waals surface area contributed by atoms with Gasteiger partial charge in [0, 0.05) is 37.3 Å². The van der Waals surface area contributed by atoms with E-state index in [0.717, 1.165) is 12.8 Å². The molecule has 2 N–H and O–H groups in total. The van der Waals surface area contributed by atoms with Crippen LogP contribution in [0, 0.1) is 0 Å². The van der Waals surface area contributed by atoms with Gasteiger partial charge in [0.15, 0.2) is 6.54 Å². The maximum absolute atomic E-state index is 12.5. The summed E-state index contributed by atoms with van der Waals surface area (Å²) in [5.74, 6) is -0.0599. The lowest BCUT2D eigenvalue weighted by molar-refractivity contribution is -0.905. The average Bonchev–Trinajstić information content (AvgIpc) is 2.67. The number of amides is 2. The summed E-state index contributed by atoms with van der Waals surface area (Å²) in [7, 11) is 5.53. The van der Waals surface area contributed by atoms with Crippen molar-refractivity contribution in [3.8, 4) is 0 Å². The Bertz CT molecular complexity index is 815. The molecule has 5 heteroatoms. The summed E-state index contributed by atoms with van der Waals surface area (Å²) < 4.78 is 0. The van der Waals surface area contributed by atoms with Crippen LogP contribution in [0.1, 0.15) is 40.4 Å². The van der Waals surface area contributed by atoms with Gasteiger partial charge in [0.2, 0.25) is 0 Å². The zero-order chi connectivity index (χ0) is 19.4. The molecule has 0 heterocycles. The molecular formula is C22H28N3O2+. The highest BCUT2D eigenvalue weighted by molar-refractivity contribution is 5.95. The van der Waals surface area contributed by atoms with Gasteiger partial charge < -0.3 is 15.1 Å². The number of aryl methyl sites for hydroxylation is 1. The number of hydrogen-bond donors (Lipinski definition) is 2. The van der Waals surface area contributed by atoms with E-state index in [0.29, 0.717) is 23.8 Å². The molecule has 0 saturated carbocycles. The molecule has 0 spiro atoms. The highest BCUT2D eigenvalue weighted by Crippen LogP contribution is 2.27. The van der Waals surface area contributed by atoms with Crippen molar-refractivity contribution >= 4 is 17.5 Å². The van der Waals surface area contributed by atoms with E-state index in [1.165, 1.54) is 27.3 Å². The summed E-state index contributed by atoms with van der Waals surface area (Å²) >= 11 is 0. The molecule has 2 atom stereocenters. The quantitative estimate of drug-likeness (QED) is 0.849. The van der Waals surface area contributed by atoms with Gasteiger partial charge in [-0.15, -0.1) is 0 Å². The number of carbonyl (C=O) groups excluding carboxylic acids is 2. The van der Waals surface area contributed by atoms with E-state index in [9.17, 15) is 9.59 Å². The van der Waals surface area contributed by atoms with Crippen LogP contribution < -0.4 is 10.2 Å². The summed E-state index contributed by atoms with van der Waals surface area (Å²) in [6.45, 7) is 0.414. The highest BCUT2D eigenvalue weighted by atomic mass is 16.2. The Morgan fingerprint density at radius 2 is 1.81 bits per heavy atom. The number of quaternary nitrogens is 1. The second-order valence-electron chi connectivity index (χ2n) is 7.49. The van der Waals surface area contributed by atoms with Crippen LogP contribution in [0.4, 0.5) is 5.69 Å². The lowest BCUT2D eigenvalue weighted by Crippen LogP contribution is -3.10. The van der Waals surface area contributed by atoms with E-state index in [2.05, 4.69) is 36.6 Å². The van der Waals surface area contributed by atoms with Gasteiger partial charge in [-0.05, 0) is 42.7 Å². The van der Waals surface area contributed by atoms with Crippen LogP contribution in [0.5, 0.6) is 0 Å². The van der Waals surface area contributed by atoms with Crippen LogP contribution in [0.25, 0.3) is 0 Å². The van der Waals surface area contributed by atoms with Crippen molar-refractivity contribution in [2.45, 2.75) is 25.3 Å². The second-order valence-corrected chi connectivity index (χ2v) is 7.49. The Morgan fingerprint density at radius 3 is 2.52 bits per heavy atom. The molecule has 1 unspecified atom stereocenters. The minimum absolute atomic E-state index is 0.0118. The van der Waals surface area contributed by atoms with Crippen LogP contribution in [0.15, 0.2) is 48.5 Å². The summed E-state index contributed by atoms with van der Waals surface area (Å²) in [5, 5.41) is 2.95. The molecule has 27 heavy (non-hydrogen) atoms. The van der Waals surface area contributed by atoms with Crippen LogP contribution in [0.2, 0.25) is 0 Å². The number of nitrogens with one attached hydrogen (secondary N) is 2. The van der Waals surface area contributed by atoms with Gasteiger partial charge in [-0.1, -0.05) is 24.3 Å². The van der Waals surface area contributed by atoms with Gasteiger partial charge in [-0.25, -0.2) is 0 Å². The molecule has 1 aliphatic rings. The smallest absolute Gasteiger partial charge is 0.279 e. The molecule has 1 aliphatic carbocycles. The molecule has 0 bridgehead atoms. The van der Waals surface area contributed by atoms with Crippen molar-refractivity contribution in [2.75, 3.05) is 33.0 Å². The van der Waals surface area contributed by atoms with Crippen molar-refractivity contribution in [2.24, 2.45) is 0 Å². The maximum atomic E-state index is 12.5. The number of rotatable bonds is 5. The van der Waals surface area contributed by atoms with Crippen LogP contribution >= 0.6 is 0 Å². The molecule has 0 radical (unpaired) electrons. The molecule has 3 rings (SSSR count). The fourth-order valence-corrected chi connectivity index (χ4v) is 3.80. The zero-order valence-electron chi connectivity index (χ0n) is 16.3. The standard InChI is InChI=1S/C22H27N3O2/c1-24(2)22(27)17-11-13-18(14-12-17)23-21(26)15-25(3)20-10-6-8-16-7-4-5-9-19(16)20/h4-5,7,9,11-14,20H,6,8,10,15H2,1-3H3,(H,23,26)/p+1/t20-/m1/s1. The minimum Gasteiger partial charge on any atom is -0.345 e. The molecule has 142 valence electrons. The fraction of sp³-hybridized carbons (Fsp3) is 0.364. The molecule has 5 nitrogen and oxygen atoms in total. The normalized spacial score (nSPS) is 16.9. The topological polar surface area (TPSA) is 53.9 Å². The molecule has 0 saturated heterocycles. The monoisotopic (exact) mass is 366 g/mol. The van der Waals surface area contributed by atoms with Gasteiger partial charge in [-0.3, -0.25) is 9.59 Å². The van der Waals surface area contributed by atoms with E-state index >= 15 is 0 Å². The molecule has 2 aromatic rings. The number of anilines is 1. The van der Waals surface area contributed by atoms with Gasteiger partial charge in [0.25, 0.3) is 11.8 Å². The summed E-state index contributed by atoms with van der Waals surface area (Å²) in [6.07, 6.45) is 3.41. The summed E-state index contributed by atoms with van der Waals surface area (Å²) in [4.78, 5) is 27.2. The van der Waals surface area contributed by atoms with Crippen LogP contribution in [-0.2, 0) is 11.2 Å². The number of hydrogen-bond acceptors (Lipinski definition) is 2. The number of benzene rings is 2. The predicted molar refractivity (Wildman–Crippen MR) is 107 cm³/mol. The number of carbonyl (C=O) groups is 2. The number of nitrogens with zero attached hydrogens (tertiary/aromatic N) is 1. The molecular weight excluding hydrogens is 338 g/mol. The SMILES string of the molecule is CN(C)C(=O)c1ccc(NC(=O)C[NH+](C)[C@@H]2CCCc3ccccc32)cc1. The first-order valence-corrected chi connectivity index (χ1v) is 9.47. The Hall–Kier alpha value is -2.66. The van der Waals surface area contributed by atoms with E-state index in [4.69, 9.17) is 0 Å². The van der Waals surface area contributed by atoms with Crippen LogP contribution in [-0.4, -0.2) is 44.4 Å². The molecule has 0 aliphatic heterocycles. The average molecular weight is 366 g/mol. The first-order valence-electron chi connectivity index (χ1n) is 9.47. The Morgan fingerprint density at radius 1 is 1.11 bits per heavy atom. The van der Waals surface area contributed by atoms with Crippen molar-refractivity contribution in [1.82, 2.24) is 4.90 Å². The summed E-state index contributed by atoms with van der Waals surface area (Å²) in [5.41, 5.74) is 4.11. The third-order valence-corrected chi connectivity index (χ3v) is 5.23.